The molecule has 2 N–H and O–H groups in total. The number of fused-ring (bicyclic) bond motifs is 1. The number of hydrogen-bond acceptors (Lipinski definition) is 6. The Morgan fingerprint density at radius 1 is 1.08 bits per heavy atom. The number of hydrogen-bond donors (Lipinski definition) is 2. The number of rotatable bonds is 6. The molecule has 4 rings (SSSR count). The van der Waals surface area contributed by atoms with Gasteiger partial charge in [0.25, 0.3) is 0 Å². The van der Waals surface area contributed by atoms with E-state index in [1.165, 1.54) is 11.3 Å². The molecule has 2 aliphatic rings. The molecule has 6 heteroatoms. The average molecular weight is 353 g/mol. The van der Waals surface area contributed by atoms with E-state index in [1.807, 2.05) is 32.0 Å². The molecule has 0 amide bonds. The van der Waals surface area contributed by atoms with Crippen molar-refractivity contribution < 1.29 is 14.3 Å². The third-order valence-corrected chi connectivity index (χ3v) is 4.48. The first kappa shape index (κ1) is 16.6. The predicted octanol–water partition coefficient (Wildman–Crippen LogP) is 3.43. The van der Waals surface area contributed by atoms with Crippen molar-refractivity contribution >= 4 is 11.5 Å². The molecular formula is C20H23N3O3. The van der Waals surface area contributed by atoms with E-state index in [0.29, 0.717) is 19.0 Å². The lowest BCUT2D eigenvalue weighted by molar-refractivity contribution is 0.0726. The summed E-state index contributed by atoms with van der Waals surface area (Å²) in [5.74, 6) is 2.19. The molecule has 1 unspecified atom stereocenters. The van der Waals surface area contributed by atoms with Crippen molar-refractivity contribution in [3.8, 4) is 11.5 Å². The van der Waals surface area contributed by atoms with E-state index in [9.17, 15) is 0 Å². The molecule has 0 aromatic heterocycles. The summed E-state index contributed by atoms with van der Waals surface area (Å²) in [5.41, 5.74) is 4.47. The summed E-state index contributed by atoms with van der Waals surface area (Å²) in [6, 6.07) is 12.2. The Bertz CT molecular complexity index is 835. The summed E-state index contributed by atoms with van der Waals surface area (Å²) in [6.45, 7) is 6.07. The Kier molecular flexibility index (Phi) is 4.56. The highest BCUT2D eigenvalue weighted by Gasteiger charge is 2.24. The molecule has 0 spiro atoms. The molecule has 26 heavy (non-hydrogen) atoms. The van der Waals surface area contributed by atoms with Crippen molar-refractivity contribution in [3.05, 3.63) is 53.1 Å². The number of anilines is 1. The summed E-state index contributed by atoms with van der Waals surface area (Å²) in [6.07, 6.45) is 0.724. The fourth-order valence-corrected chi connectivity index (χ4v) is 3.23. The molecule has 0 aliphatic carbocycles. The molecule has 6 nitrogen and oxygen atoms in total. The van der Waals surface area contributed by atoms with Crippen LogP contribution in [0, 0.1) is 0 Å². The highest BCUT2D eigenvalue weighted by atomic mass is 16.7. The molecule has 1 atom stereocenters. The smallest absolute Gasteiger partial charge is 0.225 e. The predicted molar refractivity (Wildman–Crippen MR) is 101 cm³/mol. The molecule has 0 radical (unpaired) electrons. The lowest BCUT2D eigenvalue weighted by Gasteiger charge is -2.15. The summed E-state index contributed by atoms with van der Waals surface area (Å²) >= 11 is 0. The molecule has 2 aromatic rings. The summed E-state index contributed by atoms with van der Waals surface area (Å²) in [5, 5.41) is 11.0. The van der Waals surface area contributed by atoms with Crippen LogP contribution in [0.5, 0.6) is 11.5 Å². The zero-order chi connectivity index (χ0) is 17.9. The van der Waals surface area contributed by atoms with Gasteiger partial charge in [-0.05, 0) is 50.1 Å². The van der Waals surface area contributed by atoms with Crippen LogP contribution in [0.25, 0.3) is 0 Å². The van der Waals surface area contributed by atoms with Gasteiger partial charge in [0, 0.05) is 23.4 Å². The van der Waals surface area contributed by atoms with Crippen LogP contribution in [-0.2, 0) is 11.3 Å². The lowest BCUT2D eigenvalue weighted by Crippen LogP contribution is -2.23. The van der Waals surface area contributed by atoms with E-state index < -0.39 is 0 Å². The first-order chi connectivity index (χ1) is 12.8. The van der Waals surface area contributed by atoms with Crippen molar-refractivity contribution in [1.29, 1.82) is 0 Å². The molecule has 0 saturated carbocycles. The van der Waals surface area contributed by atoms with Gasteiger partial charge >= 0.3 is 0 Å². The molecule has 2 aromatic carbocycles. The lowest BCUT2D eigenvalue weighted by atomic mass is 10.1. The van der Waals surface area contributed by atoms with Crippen molar-refractivity contribution in [2.45, 2.75) is 26.5 Å². The quantitative estimate of drug-likeness (QED) is 0.833. The van der Waals surface area contributed by atoms with E-state index in [1.54, 1.807) is 0 Å². The topological polar surface area (TPSA) is 64.1 Å². The number of oxime groups is 1. The SMILES string of the molecule is CCOc1ccc(C2NC(c3ccc4c(c3)NCC4)=NO2)cc1OCC. The highest BCUT2D eigenvalue weighted by molar-refractivity contribution is 6.00. The minimum Gasteiger partial charge on any atom is -0.490 e. The van der Waals surface area contributed by atoms with E-state index in [2.05, 4.69) is 34.0 Å². The number of amidine groups is 1. The summed E-state index contributed by atoms with van der Waals surface area (Å²) < 4.78 is 11.3. The van der Waals surface area contributed by atoms with Gasteiger partial charge in [0.2, 0.25) is 6.23 Å². The Morgan fingerprint density at radius 3 is 2.77 bits per heavy atom. The number of benzene rings is 2. The van der Waals surface area contributed by atoms with Gasteiger partial charge in [0.05, 0.1) is 13.2 Å². The molecule has 0 saturated heterocycles. The van der Waals surface area contributed by atoms with Crippen LogP contribution in [0.15, 0.2) is 41.6 Å². The van der Waals surface area contributed by atoms with Crippen LogP contribution < -0.4 is 20.1 Å². The third kappa shape index (κ3) is 3.14. The zero-order valence-electron chi connectivity index (χ0n) is 15.0. The van der Waals surface area contributed by atoms with Crippen LogP contribution in [0.1, 0.15) is 36.8 Å². The summed E-state index contributed by atoms with van der Waals surface area (Å²) in [4.78, 5) is 5.62. The van der Waals surface area contributed by atoms with Crippen LogP contribution in [0.4, 0.5) is 5.69 Å². The Hall–Kier alpha value is -2.89. The van der Waals surface area contributed by atoms with Crippen LogP contribution in [-0.4, -0.2) is 25.6 Å². The van der Waals surface area contributed by atoms with Crippen LogP contribution >= 0.6 is 0 Å². The minimum absolute atomic E-state index is 0.346. The third-order valence-electron chi connectivity index (χ3n) is 4.48. The fraction of sp³-hybridized carbons (Fsp3) is 0.350. The fourth-order valence-electron chi connectivity index (χ4n) is 3.23. The molecule has 136 valence electrons. The van der Waals surface area contributed by atoms with Gasteiger partial charge in [-0.15, -0.1) is 0 Å². The van der Waals surface area contributed by atoms with Crippen LogP contribution in [0.2, 0.25) is 0 Å². The maximum atomic E-state index is 5.70. The van der Waals surface area contributed by atoms with Crippen LogP contribution in [0.3, 0.4) is 0 Å². The normalized spacial score (nSPS) is 17.6. The molecular weight excluding hydrogens is 330 g/mol. The first-order valence-corrected chi connectivity index (χ1v) is 9.05. The highest BCUT2D eigenvalue weighted by Crippen LogP contribution is 2.33. The maximum Gasteiger partial charge on any atom is 0.225 e. The molecule has 2 heterocycles. The maximum absolute atomic E-state index is 5.70. The molecule has 0 bridgehead atoms. The minimum atomic E-state index is -0.346. The molecule has 0 fully saturated rings. The van der Waals surface area contributed by atoms with Crippen molar-refractivity contribution in [2.24, 2.45) is 5.16 Å². The Labute approximate surface area is 153 Å². The number of ether oxygens (including phenoxy) is 2. The number of nitrogens with one attached hydrogen (secondary N) is 2. The van der Waals surface area contributed by atoms with Crippen molar-refractivity contribution in [3.63, 3.8) is 0 Å². The van der Waals surface area contributed by atoms with Gasteiger partial charge in [-0.2, -0.15) is 0 Å². The second-order valence-electron chi connectivity index (χ2n) is 6.19. The largest absolute Gasteiger partial charge is 0.490 e. The van der Waals surface area contributed by atoms with Crippen molar-refractivity contribution in [2.75, 3.05) is 25.1 Å². The standard InChI is InChI=1S/C20H23N3O3/c1-3-24-17-8-7-15(12-18(17)25-4-2)20-22-19(23-26-20)14-6-5-13-9-10-21-16(13)11-14/h5-8,11-12,20-21H,3-4,9-10H2,1-2H3,(H,22,23). The Balaban J connectivity index is 1.51. The van der Waals surface area contributed by atoms with Gasteiger partial charge < -0.3 is 24.9 Å². The Morgan fingerprint density at radius 2 is 1.92 bits per heavy atom. The van der Waals surface area contributed by atoms with Gasteiger partial charge in [-0.3, -0.25) is 0 Å². The van der Waals surface area contributed by atoms with E-state index >= 15 is 0 Å². The van der Waals surface area contributed by atoms with E-state index in [-0.39, 0.29) is 6.23 Å². The van der Waals surface area contributed by atoms with Gasteiger partial charge in [-0.1, -0.05) is 17.3 Å². The zero-order valence-corrected chi connectivity index (χ0v) is 15.0. The van der Waals surface area contributed by atoms with Gasteiger partial charge in [0.15, 0.2) is 17.3 Å². The first-order valence-electron chi connectivity index (χ1n) is 9.05. The second-order valence-corrected chi connectivity index (χ2v) is 6.19. The summed E-state index contributed by atoms with van der Waals surface area (Å²) in [7, 11) is 0. The number of nitrogens with zero attached hydrogens (tertiary/aromatic N) is 1. The monoisotopic (exact) mass is 353 g/mol. The van der Waals surface area contributed by atoms with Gasteiger partial charge in [-0.25, -0.2) is 0 Å². The molecule has 2 aliphatic heterocycles. The second kappa shape index (κ2) is 7.15. The van der Waals surface area contributed by atoms with E-state index in [4.69, 9.17) is 14.3 Å². The average Bonchev–Trinajstić information content (AvgIpc) is 3.32. The van der Waals surface area contributed by atoms with Crippen molar-refractivity contribution in [1.82, 2.24) is 5.32 Å². The van der Waals surface area contributed by atoms with E-state index in [0.717, 1.165) is 35.7 Å². The van der Waals surface area contributed by atoms with Gasteiger partial charge in [0.1, 0.15) is 0 Å².